The number of nitrogens with zero attached hydrogens (tertiary/aromatic N) is 2. The summed E-state index contributed by atoms with van der Waals surface area (Å²) in [6.07, 6.45) is 1.84. The lowest BCUT2D eigenvalue weighted by Gasteiger charge is -2.36. The standard InChI is InChI=1S/C25H27N3O4/c1-15(2)14-22(28-23(30)17-8-4-5-9-18(17)24(28)31)25(32)27-13-7-10-19-20(26-16(3)29)11-6-12-21(19)27/h4-6,8-9,11-12,15,22H,7,10,13-14H2,1-3H3,(H,26,29)/t22-/m1/s1. The van der Waals surface area contributed by atoms with Gasteiger partial charge in [-0.15, -0.1) is 0 Å². The fourth-order valence-electron chi connectivity index (χ4n) is 4.59. The van der Waals surface area contributed by atoms with Gasteiger partial charge in [0.2, 0.25) is 11.8 Å². The van der Waals surface area contributed by atoms with Crippen LogP contribution in [0.15, 0.2) is 42.5 Å². The maximum atomic E-state index is 13.9. The normalized spacial score (nSPS) is 16.1. The van der Waals surface area contributed by atoms with Crippen LogP contribution in [-0.4, -0.2) is 41.1 Å². The molecule has 0 saturated heterocycles. The summed E-state index contributed by atoms with van der Waals surface area (Å²) in [5, 5.41) is 2.84. The van der Waals surface area contributed by atoms with Crippen LogP contribution in [0.25, 0.3) is 0 Å². The van der Waals surface area contributed by atoms with Crippen molar-refractivity contribution in [3.05, 3.63) is 59.2 Å². The van der Waals surface area contributed by atoms with E-state index in [4.69, 9.17) is 0 Å². The number of fused-ring (bicyclic) bond motifs is 2. The van der Waals surface area contributed by atoms with Gasteiger partial charge in [0, 0.05) is 24.8 Å². The van der Waals surface area contributed by atoms with E-state index >= 15 is 0 Å². The molecule has 0 saturated carbocycles. The summed E-state index contributed by atoms with van der Waals surface area (Å²) in [6.45, 7) is 5.88. The smallest absolute Gasteiger partial charge is 0.262 e. The SMILES string of the molecule is CC(=O)Nc1cccc2c1CCCN2C(=O)[C@@H](CC(C)C)N1C(=O)c2ccccc2C1=O. The molecule has 7 nitrogen and oxygen atoms in total. The highest BCUT2D eigenvalue weighted by Crippen LogP contribution is 2.35. The third-order valence-corrected chi connectivity index (χ3v) is 5.94. The second-order valence-electron chi connectivity index (χ2n) is 8.75. The minimum atomic E-state index is -0.891. The van der Waals surface area contributed by atoms with Crippen LogP contribution in [0.5, 0.6) is 0 Å². The number of anilines is 2. The van der Waals surface area contributed by atoms with Gasteiger partial charge in [-0.25, -0.2) is 0 Å². The first-order chi connectivity index (χ1) is 15.3. The predicted molar refractivity (Wildman–Crippen MR) is 122 cm³/mol. The molecular formula is C25H27N3O4. The van der Waals surface area contributed by atoms with E-state index in [1.165, 1.54) is 6.92 Å². The Bertz CT molecular complexity index is 1070. The van der Waals surface area contributed by atoms with E-state index in [0.29, 0.717) is 29.8 Å². The zero-order valence-corrected chi connectivity index (χ0v) is 18.6. The molecule has 32 heavy (non-hydrogen) atoms. The average Bonchev–Trinajstić information content (AvgIpc) is 3.01. The van der Waals surface area contributed by atoms with Crippen molar-refractivity contribution in [3.63, 3.8) is 0 Å². The lowest BCUT2D eigenvalue weighted by Crippen LogP contribution is -2.52. The summed E-state index contributed by atoms with van der Waals surface area (Å²) < 4.78 is 0. The molecule has 2 heterocycles. The van der Waals surface area contributed by atoms with Gasteiger partial charge in [-0.05, 0) is 55.0 Å². The zero-order valence-electron chi connectivity index (χ0n) is 18.6. The van der Waals surface area contributed by atoms with Gasteiger partial charge in [-0.1, -0.05) is 32.0 Å². The Labute approximate surface area is 187 Å². The number of carbonyl (C=O) groups excluding carboxylic acids is 4. The van der Waals surface area contributed by atoms with Crippen LogP contribution in [0.4, 0.5) is 11.4 Å². The number of hydrogen-bond donors (Lipinski definition) is 1. The number of nitrogens with one attached hydrogen (secondary N) is 1. The van der Waals surface area contributed by atoms with Crippen LogP contribution in [-0.2, 0) is 16.0 Å². The molecule has 2 aliphatic heterocycles. The van der Waals surface area contributed by atoms with E-state index in [1.807, 2.05) is 26.0 Å². The lowest BCUT2D eigenvalue weighted by molar-refractivity contribution is -0.123. The zero-order chi connectivity index (χ0) is 23.0. The van der Waals surface area contributed by atoms with Crippen molar-refractivity contribution < 1.29 is 19.2 Å². The highest BCUT2D eigenvalue weighted by atomic mass is 16.2. The van der Waals surface area contributed by atoms with E-state index in [0.717, 1.165) is 29.0 Å². The van der Waals surface area contributed by atoms with Gasteiger partial charge in [0.15, 0.2) is 0 Å². The second-order valence-corrected chi connectivity index (χ2v) is 8.75. The molecule has 7 heteroatoms. The van der Waals surface area contributed by atoms with Gasteiger partial charge in [-0.3, -0.25) is 24.1 Å². The molecule has 2 aromatic carbocycles. The first-order valence-corrected chi connectivity index (χ1v) is 11.0. The second kappa shape index (κ2) is 8.57. The number of carbonyl (C=O) groups is 4. The van der Waals surface area contributed by atoms with E-state index < -0.39 is 17.9 Å². The largest absolute Gasteiger partial charge is 0.326 e. The molecule has 0 radical (unpaired) electrons. The molecule has 4 rings (SSSR count). The van der Waals surface area contributed by atoms with E-state index in [1.54, 1.807) is 35.2 Å². The fraction of sp³-hybridized carbons (Fsp3) is 0.360. The molecule has 166 valence electrons. The maximum absolute atomic E-state index is 13.9. The molecular weight excluding hydrogens is 406 g/mol. The Hall–Kier alpha value is -3.48. The summed E-state index contributed by atoms with van der Waals surface area (Å²) in [5.74, 6) is -1.19. The monoisotopic (exact) mass is 433 g/mol. The molecule has 0 unspecified atom stereocenters. The maximum Gasteiger partial charge on any atom is 0.262 e. The third-order valence-electron chi connectivity index (χ3n) is 5.94. The molecule has 0 aromatic heterocycles. The summed E-state index contributed by atoms with van der Waals surface area (Å²) in [6, 6.07) is 11.3. The molecule has 0 aliphatic carbocycles. The number of rotatable bonds is 5. The number of imide groups is 1. The number of hydrogen-bond acceptors (Lipinski definition) is 4. The average molecular weight is 434 g/mol. The molecule has 1 N–H and O–H groups in total. The minimum Gasteiger partial charge on any atom is -0.326 e. The van der Waals surface area contributed by atoms with Gasteiger partial charge in [0.05, 0.1) is 11.1 Å². The minimum absolute atomic E-state index is 0.100. The van der Waals surface area contributed by atoms with Crippen molar-refractivity contribution in [1.82, 2.24) is 4.90 Å². The Morgan fingerprint density at radius 2 is 1.66 bits per heavy atom. The topological polar surface area (TPSA) is 86.8 Å². The molecule has 2 aliphatic rings. The predicted octanol–water partition coefficient (Wildman–Crippen LogP) is 3.64. The number of amides is 4. The first kappa shape index (κ1) is 21.7. The van der Waals surface area contributed by atoms with Crippen LogP contribution >= 0.6 is 0 Å². The van der Waals surface area contributed by atoms with Crippen LogP contribution in [0.3, 0.4) is 0 Å². The summed E-state index contributed by atoms with van der Waals surface area (Å²) in [7, 11) is 0. The highest BCUT2D eigenvalue weighted by molar-refractivity contribution is 6.23. The van der Waals surface area contributed by atoms with Gasteiger partial charge >= 0.3 is 0 Å². The Morgan fingerprint density at radius 1 is 1.00 bits per heavy atom. The molecule has 0 spiro atoms. The highest BCUT2D eigenvalue weighted by Gasteiger charge is 2.44. The lowest BCUT2D eigenvalue weighted by atomic mass is 9.96. The van der Waals surface area contributed by atoms with Crippen molar-refractivity contribution in [2.45, 2.75) is 46.1 Å². The quantitative estimate of drug-likeness (QED) is 0.730. The van der Waals surface area contributed by atoms with Crippen LogP contribution < -0.4 is 10.2 Å². The molecule has 1 atom stereocenters. The fourth-order valence-corrected chi connectivity index (χ4v) is 4.59. The molecule has 4 amide bonds. The van der Waals surface area contributed by atoms with Crippen molar-refractivity contribution in [2.24, 2.45) is 5.92 Å². The van der Waals surface area contributed by atoms with Crippen LogP contribution in [0.1, 0.15) is 59.9 Å². The summed E-state index contributed by atoms with van der Waals surface area (Å²) >= 11 is 0. The Morgan fingerprint density at radius 3 is 2.25 bits per heavy atom. The Kier molecular flexibility index (Phi) is 5.82. The van der Waals surface area contributed by atoms with E-state index in [9.17, 15) is 19.2 Å². The van der Waals surface area contributed by atoms with Crippen LogP contribution in [0.2, 0.25) is 0 Å². The van der Waals surface area contributed by atoms with Gasteiger partial charge in [-0.2, -0.15) is 0 Å². The van der Waals surface area contributed by atoms with Crippen molar-refractivity contribution in [1.29, 1.82) is 0 Å². The summed E-state index contributed by atoms with van der Waals surface area (Å²) in [4.78, 5) is 54.5. The summed E-state index contributed by atoms with van der Waals surface area (Å²) in [5.41, 5.74) is 2.98. The van der Waals surface area contributed by atoms with Crippen LogP contribution in [0, 0.1) is 5.92 Å². The molecule has 0 fully saturated rings. The third kappa shape index (κ3) is 3.79. The van der Waals surface area contributed by atoms with E-state index in [-0.39, 0.29) is 17.7 Å². The van der Waals surface area contributed by atoms with Gasteiger partial charge in [0.25, 0.3) is 11.8 Å². The van der Waals surface area contributed by atoms with Crippen molar-refractivity contribution in [2.75, 3.05) is 16.8 Å². The van der Waals surface area contributed by atoms with Crippen molar-refractivity contribution in [3.8, 4) is 0 Å². The van der Waals surface area contributed by atoms with Crippen molar-refractivity contribution >= 4 is 35.0 Å². The first-order valence-electron chi connectivity index (χ1n) is 11.0. The van der Waals surface area contributed by atoms with E-state index in [2.05, 4.69) is 5.32 Å². The molecule has 0 bridgehead atoms. The Balaban J connectivity index is 1.72. The van der Waals surface area contributed by atoms with Gasteiger partial charge in [0.1, 0.15) is 6.04 Å². The number of benzene rings is 2. The van der Waals surface area contributed by atoms with Gasteiger partial charge < -0.3 is 10.2 Å². The molecule has 2 aromatic rings.